The summed E-state index contributed by atoms with van der Waals surface area (Å²) in [5.41, 5.74) is 2.32. The van der Waals surface area contributed by atoms with Crippen LogP contribution in [0.5, 0.6) is 0 Å². The maximum absolute atomic E-state index is 10.5. The lowest BCUT2D eigenvalue weighted by molar-refractivity contribution is 0.108. The average molecular weight is 192 g/mol. The molecule has 1 aromatic rings. The Hall–Kier alpha value is -1.42. The zero-order valence-corrected chi connectivity index (χ0v) is 7.76. The van der Waals surface area contributed by atoms with E-state index in [2.05, 4.69) is 5.29 Å². The summed E-state index contributed by atoms with van der Waals surface area (Å²) in [7, 11) is 0. The van der Waals surface area contributed by atoms with Crippen LogP contribution in [0.2, 0.25) is 0 Å². The van der Waals surface area contributed by atoms with Crippen LogP contribution in [-0.4, -0.2) is 22.8 Å². The highest BCUT2D eigenvalue weighted by atomic mass is 16.3. The minimum absolute atomic E-state index is 0.0277. The molecule has 0 spiro atoms. The highest BCUT2D eigenvalue weighted by Crippen LogP contribution is 2.22. The summed E-state index contributed by atoms with van der Waals surface area (Å²) in [6, 6.07) is 7.77. The van der Waals surface area contributed by atoms with Crippen molar-refractivity contribution in [3.8, 4) is 0 Å². The fraction of sp³-hybridized carbons (Fsp3) is 0.400. The van der Waals surface area contributed by atoms with Gasteiger partial charge in [0.2, 0.25) is 0 Å². The van der Waals surface area contributed by atoms with Gasteiger partial charge in [-0.05, 0) is 17.5 Å². The summed E-state index contributed by atoms with van der Waals surface area (Å²) in [6.07, 6.45) is 0.693. The Balaban J connectivity index is 2.29. The third-order valence-electron chi connectivity index (χ3n) is 2.64. The standard InChI is InChI=1S/C10H12N2O2/c13-7-10-5-8-3-1-2-4-9(8)6-12(10)11-14/h1-4,10,13H,5-7H2/t10-/m1/s1. The number of fused-ring (bicyclic) bond motifs is 1. The molecule has 2 rings (SSSR count). The monoisotopic (exact) mass is 192 g/mol. The van der Waals surface area contributed by atoms with E-state index >= 15 is 0 Å². The number of aliphatic hydroxyl groups excluding tert-OH is 1. The Kier molecular flexibility index (Phi) is 2.45. The molecule has 74 valence electrons. The molecule has 0 saturated heterocycles. The normalized spacial score (nSPS) is 20.4. The molecule has 14 heavy (non-hydrogen) atoms. The van der Waals surface area contributed by atoms with Gasteiger partial charge in [0.1, 0.15) is 0 Å². The lowest BCUT2D eigenvalue weighted by Gasteiger charge is -2.30. The third-order valence-corrected chi connectivity index (χ3v) is 2.64. The molecule has 0 aliphatic carbocycles. The number of nitrogens with zero attached hydrogens (tertiary/aromatic N) is 2. The van der Waals surface area contributed by atoms with Gasteiger partial charge >= 0.3 is 0 Å². The molecule has 0 radical (unpaired) electrons. The van der Waals surface area contributed by atoms with E-state index in [0.717, 1.165) is 5.56 Å². The van der Waals surface area contributed by atoms with Crippen LogP contribution >= 0.6 is 0 Å². The van der Waals surface area contributed by atoms with Gasteiger partial charge in [0, 0.05) is 0 Å². The molecule has 4 heteroatoms. The van der Waals surface area contributed by atoms with Crippen LogP contribution in [0.25, 0.3) is 0 Å². The molecule has 1 atom stereocenters. The molecular weight excluding hydrogens is 180 g/mol. The quantitative estimate of drug-likeness (QED) is 0.713. The van der Waals surface area contributed by atoms with Gasteiger partial charge in [0.25, 0.3) is 0 Å². The molecule has 4 nitrogen and oxygen atoms in total. The first-order chi connectivity index (χ1) is 6.85. The van der Waals surface area contributed by atoms with Gasteiger partial charge in [-0.2, -0.15) is 0 Å². The van der Waals surface area contributed by atoms with Crippen molar-refractivity contribution >= 4 is 0 Å². The second-order valence-electron chi connectivity index (χ2n) is 3.49. The van der Waals surface area contributed by atoms with E-state index in [0.29, 0.717) is 13.0 Å². The van der Waals surface area contributed by atoms with Crippen molar-refractivity contribution < 1.29 is 5.11 Å². The molecule has 1 aliphatic heterocycles. The predicted molar refractivity (Wildman–Crippen MR) is 52.4 cm³/mol. The van der Waals surface area contributed by atoms with Crippen LogP contribution in [0, 0.1) is 4.91 Å². The molecule has 0 unspecified atom stereocenters. The van der Waals surface area contributed by atoms with E-state index in [-0.39, 0.29) is 12.6 Å². The molecule has 1 aromatic carbocycles. The van der Waals surface area contributed by atoms with Gasteiger partial charge in [-0.15, -0.1) is 4.91 Å². The average Bonchev–Trinajstić information content (AvgIpc) is 2.27. The molecule has 1 aliphatic rings. The molecule has 1 heterocycles. The maximum Gasteiger partial charge on any atom is 0.0777 e. The zero-order valence-electron chi connectivity index (χ0n) is 7.76. The second-order valence-corrected chi connectivity index (χ2v) is 3.49. The topological polar surface area (TPSA) is 52.9 Å². The first-order valence-corrected chi connectivity index (χ1v) is 4.62. The molecule has 0 bridgehead atoms. The summed E-state index contributed by atoms with van der Waals surface area (Å²) in [5, 5.41) is 13.4. The Labute approximate surface area is 82.1 Å². The van der Waals surface area contributed by atoms with Crippen LogP contribution in [0.15, 0.2) is 29.6 Å². The summed E-state index contributed by atoms with van der Waals surface area (Å²) < 4.78 is 0. The van der Waals surface area contributed by atoms with Crippen molar-refractivity contribution in [3.05, 3.63) is 40.3 Å². The molecular formula is C10H12N2O2. The van der Waals surface area contributed by atoms with Crippen molar-refractivity contribution in [1.29, 1.82) is 0 Å². The van der Waals surface area contributed by atoms with Crippen molar-refractivity contribution in [2.45, 2.75) is 19.0 Å². The number of aliphatic hydroxyl groups is 1. The smallest absolute Gasteiger partial charge is 0.0777 e. The Morgan fingerprint density at radius 3 is 2.79 bits per heavy atom. The molecule has 0 aromatic heterocycles. The molecule has 0 fully saturated rings. The molecule has 0 amide bonds. The maximum atomic E-state index is 10.5. The summed E-state index contributed by atoms with van der Waals surface area (Å²) in [5.74, 6) is 0. The fourth-order valence-electron chi connectivity index (χ4n) is 1.83. The van der Waals surface area contributed by atoms with Crippen LogP contribution in [0.1, 0.15) is 11.1 Å². The first-order valence-electron chi connectivity index (χ1n) is 4.62. The van der Waals surface area contributed by atoms with Crippen LogP contribution in [0.4, 0.5) is 0 Å². The predicted octanol–water partition coefficient (Wildman–Crippen LogP) is 1.09. The van der Waals surface area contributed by atoms with Crippen LogP contribution < -0.4 is 0 Å². The summed E-state index contributed by atoms with van der Waals surface area (Å²) in [4.78, 5) is 10.5. The Bertz CT molecular complexity index is 341. The SMILES string of the molecule is O=NN1Cc2ccccc2C[C@@H]1CO. The third kappa shape index (κ3) is 1.48. The Morgan fingerprint density at radius 2 is 2.14 bits per heavy atom. The summed E-state index contributed by atoms with van der Waals surface area (Å²) in [6.45, 7) is 0.477. The zero-order chi connectivity index (χ0) is 9.97. The summed E-state index contributed by atoms with van der Waals surface area (Å²) >= 11 is 0. The highest BCUT2D eigenvalue weighted by molar-refractivity contribution is 5.29. The molecule has 0 saturated carbocycles. The minimum atomic E-state index is -0.164. The van der Waals surface area contributed by atoms with E-state index < -0.39 is 0 Å². The van der Waals surface area contributed by atoms with Gasteiger partial charge < -0.3 is 5.11 Å². The van der Waals surface area contributed by atoms with Crippen LogP contribution in [-0.2, 0) is 13.0 Å². The number of nitroso groups, excluding NO2 is 1. The van der Waals surface area contributed by atoms with E-state index in [1.54, 1.807) is 0 Å². The van der Waals surface area contributed by atoms with Gasteiger partial charge in [0.05, 0.1) is 24.5 Å². The van der Waals surface area contributed by atoms with Gasteiger partial charge in [-0.25, -0.2) is 0 Å². The van der Waals surface area contributed by atoms with E-state index in [9.17, 15) is 4.91 Å². The Morgan fingerprint density at radius 1 is 1.43 bits per heavy atom. The second kappa shape index (κ2) is 3.75. The molecule has 1 N–H and O–H groups in total. The van der Waals surface area contributed by atoms with E-state index in [1.165, 1.54) is 10.6 Å². The first kappa shape index (κ1) is 9.15. The van der Waals surface area contributed by atoms with E-state index in [1.807, 2.05) is 24.3 Å². The van der Waals surface area contributed by atoms with Crippen molar-refractivity contribution in [1.82, 2.24) is 5.01 Å². The van der Waals surface area contributed by atoms with Gasteiger partial charge in [0.15, 0.2) is 0 Å². The highest BCUT2D eigenvalue weighted by Gasteiger charge is 2.24. The fourth-order valence-corrected chi connectivity index (χ4v) is 1.83. The van der Waals surface area contributed by atoms with Crippen molar-refractivity contribution in [3.63, 3.8) is 0 Å². The number of hydrogen-bond donors (Lipinski definition) is 1. The lowest BCUT2D eigenvalue weighted by atomic mass is 9.96. The van der Waals surface area contributed by atoms with Crippen molar-refractivity contribution in [2.75, 3.05) is 6.61 Å². The van der Waals surface area contributed by atoms with Crippen molar-refractivity contribution in [2.24, 2.45) is 5.29 Å². The van der Waals surface area contributed by atoms with Crippen LogP contribution in [0.3, 0.4) is 0 Å². The van der Waals surface area contributed by atoms with Gasteiger partial charge in [-0.3, -0.25) is 5.01 Å². The number of benzene rings is 1. The number of hydrogen-bond acceptors (Lipinski definition) is 3. The minimum Gasteiger partial charge on any atom is -0.394 e. The largest absolute Gasteiger partial charge is 0.394 e. The lowest BCUT2D eigenvalue weighted by Crippen LogP contribution is -2.38. The number of rotatable bonds is 2. The van der Waals surface area contributed by atoms with Gasteiger partial charge in [-0.1, -0.05) is 24.3 Å². The van der Waals surface area contributed by atoms with E-state index in [4.69, 9.17) is 5.11 Å².